The molecule has 0 spiro atoms. The number of benzene rings is 3. The van der Waals surface area contributed by atoms with E-state index in [1.165, 1.54) is 0 Å². The Kier molecular flexibility index (Phi) is 11.1. The summed E-state index contributed by atoms with van der Waals surface area (Å²) in [5.74, 6) is -1.41. The molecule has 5 atom stereocenters. The molecule has 12 heteroatoms. The summed E-state index contributed by atoms with van der Waals surface area (Å²) in [4.78, 5) is 43.1. The Hall–Kier alpha value is -3.93. The van der Waals surface area contributed by atoms with Crippen LogP contribution in [0.3, 0.4) is 0 Å². The van der Waals surface area contributed by atoms with Crippen LogP contribution in [-0.2, 0) is 30.9 Å². The van der Waals surface area contributed by atoms with Crippen LogP contribution < -0.4 is 14.8 Å². The molecule has 10 nitrogen and oxygen atoms in total. The third kappa shape index (κ3) is 9.00. The number of carbonyl (C=O) groups excluding carboxylic acids is 3. The third-order valence-electron chi connectivity index (χ3n) is 8.74. The van der Waals surface area contributed by atoms with E-state index in [-0.39, 0.29) is 18.4 Å². The first-order valence-electron chi connectivity index (χ1n) is 16.5. The van der Waals surface area contributed by atoms with Crippen molar-refractivity contribution in [3.05, 3.63) is 100 Å². The first kappa shape index (κ1) is 36.4. The van der Waals surface area contributed by atoms with Crippen molar-refractivity contribution < 1.29 is 32.3 Å². The Balaban J connectivity index is 1.47. The summed E-state index contributed by atoms with van der Waals surface area (Å²) in [6, 6.07) is 19.6. The van der Waals surface area contributed by atoms with Crippen molar-refractivity contribution in [2.75, 3.05) is 6.26 Å². The van der Waals surface area contributed by atoms with Crippen LogP contribution in [0.25, 0.3) is 0 Å². The molecule has 1 aliphatic carbocycles. The quantitative estimate of drug-likeness (QED) is 0.251. The maximum absolute atomic E-state index is 14.4. The van der Waals surface area contributed by atoms with Gasteiger partial charge >= 0.3 is 5.97 Å². The van der Waals surface area contributed by atoms with Crippen molar-refractivity contribution in [2.24, 2.45) is 0 Å². The number of amides is 2. The molecular weight excluding hydrogens is 666 g/mol. The second-order valence-corrected chi connectivity index (χ2v) is 16.0. The highest BCUT2D eigenvalue weighted by atomic mass is 35.5. The lowest BCUT2D eigenvalue weighted by Crippen LogP contribution is -2.59. The van der Waals surface area contributed by atoms with Crippen molar-refractivity contribution in [3.63, 3.8) is 0 Å². The molecular formula is C37H44ClN3O7S. The average molecular weight is 710 g/mol. The maximum atomic E-state index is 14.4. The SMILES string of the molecule is C[C@H](Oc1cccc(CNC(=O)C2c3ccccc3C(=O)N(C3CCCCC3NS(C)(=O)=O)C2c2ccc(Cl)cc2)c1)C(=O)OC(C)(C)C. The summed E-state index contributed by atoms with van der Waals surface area (Å²) in [6.45, 7) is 7.14. The van der Waals surface area contributed by atoms with Gasteiger partial charge in [-0.2, -0.15) is 0 Å². The number of carbonyl (C=O) groups is 3. The smallest absolute Gasteiger partial charge is 0.347 e. The van der Waals surface area contributed by atoms with E-state index < -0.39 is 51.7 Å². The van der Waals surface area contributed by atoms with Crippen molar-refractivity contribution in [1.29, 1.82) is 0 Å². The number of rotatable bonds is 10. The van der Waals surface area contributed by atoms with Gasteiger partial charge in [0.05, 0.1) is 18.2 Å². The van der Waals surface area contributed by atoms with Gasteiger partial charge in [0.2, 0.25) is 15.9 Å². The number of fused-ring (bicyclic) bond motifs is 1. The standard InChI is InChI=1S/C37H44ClN3O7S/c1-23(36(44)48-37(2,3)4)47-27-12-10-11-24(21-27)22-39-34(42)32-28-13-6-7-14-29(28)35(43)41(33(32)25-17-19-26(38)20-18-25)31-16-9-8-15-30(31)40-49(5,45)46/h6-7,10-14,17-21,23,30-33,40H,8-9,15-16,22H2,1-5H3,(H,39,42)/t23-,30?,31?,32?,33?/m0/s1. The van der Waals surface area contributed by atoms with Gasteiger partial charge in [-0.3, -0.25) is 9.59 Å². The van der Waals surface area contributed by atoms with E-state index in [2.05, 4.69) is 10.0 Å². The van der Waals surface area contributed by atoms with Crippen LogP contribution in [0, 0.1) is 0 Å². The number of nitrogens with zero attached hydrogens (tertiary/aromatic N) is 1. The fourth-order valence-electron chi connectivity index (χ4n) is 6.74. The van der Waals surface area contributed by atoms with Crippen LogP contribution in [0.5, 0.6) is 5.75 Å². The molecule has 0 saturated heterocycles. The van der Waals surface area contributed by atoms with Gasteiger partial charge in [0, 0.05) is 29.2 Å². The van der Waals surface area contributed by atoms with Crippen molar-refractivity contribution >= 4 is 39.4 Å². The summed E-state index contributed by atoms with van der Waals surface area (Å²) in [5.41, 5.74) is 1.80. The van der Waals surface area contributed by atoms with E-state index in [1.807, 2.05) is 24.3 Å². The van der Waals surface area contributed by atoms with Gasteiger partial charge in [-0.15, -0.1) is 0 Å². The van der Waals surface area contributed by atoms with Gasteiger partial charge in [0.25, 0.3) is 5.91 Å². The lowest BCUT2D eigenvalue weighted by atomic mass is 9.76. The Morgan fingerprint density at radius 2 is 1.69 bits per heavy atom. The second kappa shape index (κ2) is 14.9. The molecule has 2 N–H and O–H groups in total. The summed E-state index contributed by atoms with van der Waals surface area (Å²) < 4.78 is 38.9. The lowest BCUT2D eigenvalue weighted by molar-refractivity contribution is -0.162. The minimum absolute atomic E-state index is 0.151. The molecule has 5 rings (SSSR count). The van der Waals surface area contributed by atoms with Crippen LogP contribution in [0.4, 0.5) is 0 Å². The van der Waals surface area contributed by atoms with Crippen molar-refractivity contribution in [2.45, 2.75) is 95.7 Å². The Morgan fingerprint density at radius 1 is 1.00 bits per heavy atom. The predicted molar refractivity (Wildman–Crippen MR) is 188 cm³/mol. The second-order valence-electron chi connectivity index (χ2n) is 13.8. The van der Waals surface area contributed by atoms with Gasteiger partial charge in [0.15, 0.2) is 6.10 Å². The summed E-state index contributed by atoms with van der Waals surface area (Å²) in [5, 5.41) is 3.59. The van der Waals surface area contributed by atoms with E-state index in [4.69, 9.17) is 21.1 Å². The van der Waals surface area contributed by atoms with Gasteiger partial charge in [-0.25, -0.2) is 17.9 Å². The zero-order valence-corrected chi connectivity index (χ0v) is 30.0. The highest BCUT2D eigenvalue weighted by Crippen LogP contribution is 2.46. The fraction of sp³-hybridized carbons (Fsp3) is 0.432. The Labute approximate surface area is 293 Å². The van der Waals surface area contributed by atoms with E-state index >= 15 is 0 Å². The number of halogens is 1. The van der Waals surface area contributed by atoms with Crippen LogP contribution in [0.15, 0.2) is 72.8 Å². The zero-order valence-electron chi connectivity index (χ0n) is 28.4. The van der Waals surface area contributed by atoms with E-state index in [9.17, 15) is 22.8 Å². The average Bonchev–Trinajstić information content (AvgIpc) is 3.03. The topological polar surface area (TPSA) is 131 Å². The minimum atomic E-state index is -3.58. The number of hydrogen-bond donors (Lipinski definition) is 2. The predicted octanol–water partition coefficient (Wildman–Crippen LogP) is 5.91. The Morgan fingerprint density at radius 3 is 2.39 bits per heavy atom. The largest absolute Gasteiger partial charge is 0.479 e. The lowest BCUT2D eigenvalue weighted by Gasteiger charge is -2.49. The highest BCUT2D eigenvalue weighted by Gasteiger charge is 2.48. The molecule has 2 amide bonds. The van der Waals surface area contributed by atoms with Gasteiger partial charge in [-0.05, 0) is 87.6 Å². The summed E-state index contributed by atoms with van der Waals surface area (Å²) in [7, 11) is -3.58. The van der Waals surface area contributed by atoms with Gasteiger partial charge in [0.1, 0.15) is 11.4 Å². The van der Waals surface area contributed by atoms with Crippen molar-refractivity contribution in [1.82, 2.24) is 14.9 Å². The molecule has 0 bridgehead atoms. The molecule has 4 unspecified atom stereocenters. The normalized spacial score (nSPS) is 21.8. The molecule has 1 aliphatic heterocycles. The van der Waals surface area contributed by atoms with Crippen molar-refractivity contribution in [3.8, 4) is 5.75 Å². The van der Waals surface area contributed by atoms with Crippen LogP contribution >= 0.6 is 11.6 Å². The molecule has 1 fully saturated rings. The molecule has 2 aliphatic rings. The van der Waals surface area contributed by atoms with E-state index in [1.54, 1.807) is 81.1 Å². The first-order valence-corrected chi connectivity index (χ1v) is 18.8. The molecule has 3 aromatic rings. The van der Waals surface area contributed by atoms with E-state index in [0.29, 0.717) is 40.3 Å². The van der Waals surface area contributed by atoms with Gasteiger partial charge in [-0.1, -0.05) is 66.9 Å². The third-order valence-corrected chi connectivity index (χ3v) is 9.72. The molecule has 0 radical (unpaired) electrons. The number of hydrogen-bond acceptors (Lipinski definition) is 7. The first-order chi connectivity index (χ1) is 23.1. The summed E-state index contributed by atoms with van der Waals surface area (Å²) in [6.07, 6.45) is 3.06. The van der Waals surface area contributed by atoms with Gasteiger partial charge < -0.3 is 19.7 Å². The summed E-state index contributed by atoms with van der Waals surface area (Å²) >= 11 is 6.27. The molecule has 49 heavy (non-hydrogen) atoms. The minimum Gasteiger partial charge on any atom is -0.479 e. The molecule has 3 aromatic carbocycles. The maximum Gasteiger partial charge on any atom is 0.347 e. The number of sulfonamides is 1. The molecule has 262 valence electrons. The van der Waals surface area contributed by atoms with Crippen LogP contribution in [0.2, 0.25) is 5.02 Å². The molecule has 1 heterocycles. The Bertz CT molecular complexity index is 1790. The molecule has 1 saturated carbocycles. The van der Waals surface area contributed by atoms with Crippen LogP contribution in [-0.4, -0.2) is 61.1 Å². The fourth-order valence-corrected chi connectivity index (χ4v) is 7.69. The number of ether oxygens (including phenoxy) is 2. The number of nitrogens with one attached hydrogen (secondary N) is 2. The number of esters is 1. The highest BCUT2D eigenvalue weighted by molar-refractivity contribution is 7.88. The molecule has 0 aromatic heterocycles. The van der Waals surface area contributed by atoms with Crippen LogP contribution in [0.1, 0.15) is 92.4 Å². The zero-order chi connectivity index (χ0) is 35.5. The van der Waals surface area contributed by atoms with E-state index in [0.717, 1.165) is 24.7 Å². The monoisotopic (exact) mass is 709 g/mol.